The molecular formula is C20H26N3O+. The zero-order chi connectivity index (χ0) is 16.5. The Hall–Kier alpha value is -2.07. The van der Waals surface area contributed by atoms with Crippen LogP contribution < -0.4 is 10.2 Å². The van der Waals surface area contributed by atoms with Crippen LogP contribution in [0.3, 0.4) is 0 Å². The summed E-state index contributed by atoms with van der Waals surface area (Å²) in [4.78, 5) is 14.4. The minimum atomic E-state index is -0.116. The molecule has 1 aromatic heterocycles. The van der Waals surface area contributed by atoms with Crippen molar-refractivity contribution < 1.29 is 9.69 Å². The van der Waals surface area contributed by atoms with E-state index in [2.05, 4.69) is 47.4 Å². The van der Waals surface area contributed by atoms with E-state index in [9.17, 15) is 4.79 Å². The van der Waals surface area contributed by atoms with Crippen molar-refractivity contribution >= 4 is 5.91 Å². The minimum absolute atomic E-state index is 0.116. The van der Waals surface area contributed by atoms with Crippen molar-refractivity contribution in [2.45, 2.75) is 43.8 Å². The molecule has 0 spiro atoms. The maximum Gasteiger partial charge on any atom is 0.283 e. The van der Waals surface area contributed by atoms with Crippen molar-refractivity contribution in [1.82, 2.24) is 9.88 Å². The fourth-order valence-electron chi connectivity index (χ4n) is 4.08. The lowest BCUT2D eigenvalue weighted by atomic mass is 10.0. The predicted octanol–water partition coefficient (Wildman–Crippen LogP) is 1.76. The fraction of sp³-hybridized carbons (Fsp3) is 0.450. The smallest absolute Gasteiger partial charge is 0.283 e. The highest BCUT2D eigenvalue weighted by molar-refractivity contribution is 5.82. The number of aromatic nitrogens is 1. The Morgan fingerprint density at radius 1 is 1.17 bits per heavy atom. The van der Waals surface area contributed by atoms with Gasteiger partial charge in [-0.1, -0.05) is 30.3 Å². The molecule has 4 rings (SSSR count). The Morgan fingerprint density at radius 3 is 2.62 bits per heavy atom. The first kappa shape index (κ1) is 15.5. The van der Waals surface area contributed by atoms with Gasteiger partial charge in [0, 0.05) is 37.7 Å². The van der Waals surface area contributed by atoms with Gasteiger partial charge in [0.2, 0.25) is 0 Å². The molecule has 4 nitrogen and oxygen atoms in total. The largest absolute Gasteiger partial charge is 0.350 e. The van der Waals surface area contributed by atoms with Crippen LogP contribution in [0, 0.1) is 0 Å². The number of carbonyl (C=O) groups is 1. The van der Waals surface area contributed by atoms with Crippen LogP contribution in [0.15, 0.2) is 48.7 Å². The van der Waals surface area contributed by atoms with E-state index >= 15 is 0 Å². The molecule has 1 aliphatic carbocycles. The van der Waals surface area contributed by atoms with Gasteiger partial charge in [0.25, 0.3) is 5.91 Å². The number of likely N-dealkylation sites (tertiary alicyclic amines) is 1. The molecule has 0 bridgehead atoms. The normalized spacial score (nSPS) is 24.7. The molecule has 126 valence electrons. The van der Waals surface area contributed by atoms with Crippen LogP contribution in [0.1, 0.15) is 49.0 Å². The number of nitrogens with one attached hydrogen (secondary N) is 2. The molecule has 24 heavy (non-hydrogen) atoms. The Balaban J connectivity index is 1.66. The van der Waals surface area contributed by atoms with Crippen molar-refractivity contribution in [2.24, 2.45) is 7.05 Å². The van der Waals surface area contributed by atoms with Gasteiger partial charge < -0.3 is 14.8 Å². The second kappa shape index (κ2) is 6.44. The number of carbonyl (C=O) groups excluding carboxylic acids is 1. The summed E-state index contributed by atoms with van der Waals surface area (Å²) < 4.78 is 2.21. The summed E-state index contributed by atoms with van der Waals surface area (Å²) in [6.45, 7) is 1.05. The van der Waals surface area contributed by atoms with E-state index in [1.54, 1.807) is 0 Å². The maximum atomic E-state index is 13.0. The highest BCUT2D eigenvalue weighted by Gasteiger charge is 2.42. The van der Waals surface area contributed by atoms with Gasteiger partial charge in [-0.05, 0) is 25.0 Å². The first-order valence-electron chi connectivity index (χ1n) is 9.06. The molecule has 1 saturated carbocycles. The molecular weight excluding hydrogens is 298 g/mol. The summed E-state index contributed by atoms with van der Waals surface area (Å²) in [6, 6.07) is 15.3. The van der Waals surface area contributed by atoms with Crippen LogP contribution in [-0.4, -0.2) is 23.1 Å². The summed E-state index contributed by atoms with van der Waals surface area (Å²) >= 11 is 0. The first-order valence-corrected chi connectivity index (χ1v) is 9.06. The highest BCUT2D eigenvalue weighted by atomic mass is 16.2. The lowest BCUT2D eigenvalue weighted by molar-refractivity contribution is -0.940. The Kier molecular flexibility index (Phi) is 4.15. The van der Waals surface area contributed by atoms with Gasteiger partial charge in [0.15, 0.2) is 6.04 Å². The van der Waals surface area contributed by atoms with E-state index in [4.69, 9.17) is 0 Å². The lowest BCUT2D eigenvalue weighted by Gasteiger charge is -2.30. The number of amides is 1. The Labute approximate surface area is 143 Å². The van der Waals surface area contributed by atoms with Crippen molar-refractivity contribution in [1.29, 1.82) is 0 Å². The molecule has 1 amide bonds. The van der Waals surface area contributed by atoms with Crippen LogP contribution in [0.5, 0.6) is 0 Å². The third-order valence-corrected chi connectivity index (χ3v) is 5.44. The van der Waals surface area contributed by atoms with E-state index in [0.717, 1.165) is 31.4 Å². The van der Waals surface area contributed by atoms with Crippen LogP contribution >= 0.6 is 0 Å². The van der Waals surface area contributed by atoms with Crippen LogP contribution in [-0.2, 0) is 11.8 Å². The summed E-state index contributed by atoms with van der Waals surface area (Å²) in [5, 5.41) is 3.24. The Bertz CT molecular complexity index is 705. The maximum absolute atomic E-state index is 13.0. The monoisotopic (exact) mass is 324 g/mol. The number of rotatable bonds is 5. The van der Waals surface area contributed by atoms with Crippen molar-refractivity contribution in [3.8, 4) is 0 Å². The topological polar surface area (TPSA) is 38.5 Å². The average Bonchev–Trinajstić information content (AvgIpc) is 3.10. The average molecular weight is 324 g/mol. The van der Waals surface area contributed by atoms with Crippen molar-refractivity contribution in [3.63, 3.8) is 0 Å². The number of nitrogens with zero attached hydrogens (tertiary/aromatic N) is 1. The van der Waals surface area contributed by atoms with E-state index in [0.29, 0.717) is 12.1 Å². The molecule has 2 heterocycles. The molecule has 3 atom stereocenters. The predicted molar refractivity (Wildman–Crippen MR) is 93.6 cm³/mol. The van der Waals surface area contributed by atoms with Gasteiger partial charge in [-0.3, -0.25) is 4.79 Å². The summed E-state index contributed by atoms with van der Waals surface area (Å²) in [6.07, 6.45) is 6.68. The molecule has 2 fully saturated rings. The summed E-state index contributed by atoms with van der Waals surface area (Å²) in [5.74, 6) is 0.194. The molecule has 0 radical (unpaired) electrons. The molecule has 1 unspecified atom stereocenters. The number of benzene rings is 1. The van der Waals surface area contributed by atoms with Gasteiger partial charge in [-0.25, -0.2) is 0 Å². The van der Waals surface area contributed by atoms with Gasteiger partial charge in [-0.2, -0.15) is 0 Å². The van der Waals surface area contributed by atoms with E-state index < -0.39 is 0 Å². The number of quaternary nitrogens is 1. The van der Waals surface area contributed by atoms with Crippen molar-refractivity contribution in [3.05, 3.63) is 59.9 Å². The quantitative estimate of drug-likeness (QED) is 0.864. The van der Waals surface area contributed by atoms with Gasteiger partial charge >= 0.3 is 0 Å². The standard InChI is InChI=1S/C20H25N3O/c1-22-13-5-9-17(22)18-10-6-14-23(18)19(15-7-3-2-4-8-15)20(24)21-16-11-12-16/h2-5,7-9,13,16,18-19H,6,10-12,14H2,1H3,(H,21,24)/p+1/t18-,19-/m0/s1. The fourth-order valence-corrected chi connectivity index (χ4v) is 4.08. The van der Waals surface area contributed by atoms with Gasteiger partial charge in [0.1, 0.15) is 6.04 Å². The number of hydrogen-bond acceptors (Lipinski definition) is 1. The molecule has 1 saturated heterocycles. The van der Waals surface area contributed by atoms with Crippen molar-refractivity contribution in [2.75, 3.05) is 6.54 Å². The molecule has 1 aliphatic heterocycles. The van der Waals surface area contributed by atoms with Gasteiger partial charge in [0.05, 0.1) is 12.2 Å². The molecule has 2 N–H and O–H groups in total. The minimum Gasteiger partial charge on any atom is -0.350 e. The van der Waals surface area contributed by atoms with Gasteiger partial charge in [-0.15, -0.1) is 0 Å². The summed E-state index contributed by atoms with van der Waals surface area (Å²) in [5.41, 5.74) is 2.47. The number of hydrogen-bond donors (Lipinski definition) is 2. The first-order chi connectivity index (χ1) is 11.7. The Morgan fingerprint density at radius 2 is 1.96 bits per heavy atom. The summed E-state index contributed by atoms with van der Waals surface area (Å²) in [7, 11) is 2.10. The van der Waals surface area contributed by atoms with E-state index in [1.807, 2.05) is 18.2 Å². The number of aryl methyl sites for hydroxylation is 1. The van der Waals surface area contributed by atoms with Crippen LogP contribution in [0.25, 0.3) is 0 Å². The van der Waals surface area contributed by atoms with Crippen LogP contribution in [0.2, 0.25) is 0 Å². The third kappa shape index (κ3) is 2.98. The second-order valence-electron chi connectivity index (χ2n) is 7.19. The zero-order valence-electron chi connectivity index (χ0n) is 14.2. The highest BCUT2D eigenvalue weighted by Crippen LogP contribution is 2.25. The zero-order valence-corrected chi connectivity index (χ0v) is 14.2. The van der Waals surface area contributed by atoms with E-state index in [-0.39, 0.29) is 11.9 Å². The third-order valence-electron chi connectivity index (χ3n) is 5.44. The SMILES string of the molecule is Cn1cccc1[C@@H]1CCC[NH+]1[C@H](C(=O)NC1CC1)c1ccccc1. The molecule has 4 heteroatoms. The lowest BCUT2D eigenvalue weighted by Crippen LogP contribution is -3.12. The molecule has 2 aromatic rings. The van der Waals surface area contributed by atoms with E-state index in [1.165, 1.54) is 17.0 Å². The van der Waals surface area contributed by atoms with Crippen LogP contribution in [0.4, 0.5) is 0 Å². The molecule has 1 aromatic carbocycles. The second-order valence-corrected chi connectivity index (χ2v) is 7.19. The molecule has 2 aliphatic rings.